The number of ether oxygens (including phenoxy) is 2. The molecule has 0 bridgehead atoms. The van der Waals surface area contributed by atoms with Crippen LogP contribution in [0.3, 0.4) is 0 Å². The van der Waals surface area contributed by atoms with Gasteiger partial charge in [-0.25, -0.2) is 4.79 Å². The van der Waals surface area contributed by atoms with E-state index < -0.39 is 23.8 Å². The van der Waals surface area contributed by atoms with Gasteiger partial charge in [-0.05, 0) is 44.0 Å². The van der Waals surface area contributed by atoms with Crippen LogP contribution in [0, 0.1) is 0 Å². The van der Waals surface area contributed by atoms with Gasteiger partial charge in [-0.3, -0.25) is 0 Å². The molecule has 5 nitrogen and oxygen atoms in total. The van der Waals surface area contributed by atoms with Gasteiger partial charge in [0.1, 0.15) is 17.1 Å². The van der Waals surface area contributed by atoms with E-state index in [2.05, 4.69) is 5.32 Å². The molecule has 0 aliphatic carbocycles. The lowest BCUT2D eigenvalue weighted by atomic mass is 10.0. The van der Waals surface area contributed by atoms with Gasteiger partial charge in [-0.15, -0.1) is 0 Å². The lowest BCUT2D eigenvalue weighted by molar-refractivity contribution is 0.00511. The van der Waals surface area contributed by atoms with Crippen LogP contribution in [0.1, 0.15) is 43.4 Å². The smallest absolute Gasteiger partial charge is 0.408 e. The molecule has 1 aliphatic heterocycles. The fraction of sp³-hybridized carbons (Fsp3) is 0.381. The van der Waals surface area contributed by atoms with Gasteiger partial charge in [-0.2, -0.15) is 0 Å². The van der Waals surface area contributed by atoms with E-state index >= 15 is 0 Å². The number of hydrogen-bond acceptors (Lipinski definition) is 5. The molecular formula is C21H25NO4S. The molecule has 0 saturated heterocycles. The molecule has 1 amide bonds. The maximum Gasteiger partial charge on any atom is 0.408 e. The quantitative estimate of drug-likeness (QED) is 0.794. The number of alkyl carbamates (subject to hydrolysis) is 1. The zero-order valence-electron chi connectivity index (χ0n) is 15.7. The van der Waals surface area contributed by atoms with Crippen LogP contribution in [0.25, 0.3) is 0 Å². The molecule has 1 aliphatic rings. The van der Waals surface area contributed by atoms with Gasteiger partial charge in [-0.1, -0.05) is 54.2 Å². The lowest BCUT2D eigenvalue weighted by Gasteiger charge is -2.26. The Hall–Kier alpha value is -2.02. The average Bonchev–Trinajstić information content (AvgIpc) is 2.98. The molecular weight excluding hydrogens is 362 g/mol. The number of thioether (sulfide) groups is 1. The van der Waals surface area contributed by atoms with Crippen molar-refractivity contribution < 1.29 is 19.4 Å². The number of fused-ring (bicyclic) bond motifs is 1. The minimum atomic E-state index is -0.607. The number of rotatable bonds is 5. The largest absolute Gasteiger partial charge is 0.444 e. The van der Waals surface area contributed by atoms with E-state index in [9.17, 15) is 9.90 Å². The molecule has 0 unspecified atom stereocenters. The van der Waals surface area contributed by atoms with Crippen LogP contribution in [0.15, 0.2) is 59.5 Å². The van der Waals surface area contributed by atoms with Gasteiger partial charge in [0.05, 0.1) is 12.6 Å². The van der Waals surface area contributed by atoms with Crippen molar-refractivity contribution in [1.82, 2.24) is 5.32 Å². The highest BCUT2D eigenvalue weighted by Gasteiger charge is 2.38. The SMILES string of the molecule is CC(C)(C)OC(=O)N[C@H](CO)[C@H]1O[C@H](Sc2ccccc2)c2ccccc21. The Balaban J connectivity index is 1.78. The normalized spacial score (nSPS) is 20.0. The van der Waals surface area contributed by atoms with Crippen molar-refractivity contribution >= 4 is 17.9 Å². The fourth-order valence-corrected chi connectivity index (χ4v) is 4.04. The maximum atomic E-state index is 12.2. The second-order valence-corrected chi connectivity index (χ2v) is 8.52. The van der Waals surface area contributed by atoms with Crippen molar-refractivity contribution in [3.63, 3.8) is 0 Å². The summed E-state index contributed by atoms with van der Waals surface area (Å²) in [6.45, 7) is 5.15. The molecule has 144 valence electrons. The van der Waals surface area contributed by atoms with E-state index in [0.29, 0.717) is 0 Å². The summed E-state index contributed by atoms with van der Waals surface area (Å²) in [5.41, 5.74) is 1.22. The highest BCUT2D eigenvalue weighted by molar-refractivity contribution is 7.99. The number of carbonyl (C=O) groups is 1. The van der Waals surface area contributed by atoms with Crippen molar-refractivity contribution in [3.05, 3.63) is 65.7 Å². The van der Waals surface area contributed by atoms with Crippen molar-refractivity contribution in [2.45, 2.75) is 48.8 Å². The summed E-state index contributed by atoms with van der Waals surface area (Å²) in [7, 11) is 0. The van der Waals surface area contributed by atoms with Crippen LogP contribution < -0.4 is 5.32 Å². The Labute approximate surface area is 164 Å². The lowest BCUT2D eigenvalue weighted by Crippen LogP contribution is -2.44. The first-order valence-corrected chi connectivity index (χ1v) is 9.82. The van der Waals surface area contributed by atoms with Crippen LogP contribution in [-0.4, -0.2) is 29.4 Å². The molecule has 2 N–H and O–H groups in total. The molecule has 0 spiro atoms. The highest BCUT2D eigenvalue weighted by atomic mass is 32.2. The van der Waals surface area contributed by atoms with E-state index in [1.165, 1.54) is 0 Å². The number of amides is 1. The second kappa shape index (κ2) is 8.33. The molecule has 0 fully saturated rings. The molecule has 6 heteroatoms. The van der Waals surface area contributed by atoms with Gasteiger partial charge >= 0.3 is 6.09 Å². The summed E-state index contributed by atoms with van der Waals surface area (Å²) in [6.07, 6.45) is -1.01. The zero-order chi connectivity index (χ0) is 19.4. The minimum Gasteiger partial charge on any atom is -0.444 e. The third kappa shape index (κ3) is 5.03. The summed E-state index contributed by atoms with van der Waals surface area (Å²) < 4.78 is 11.6. The molecule has 27 heavy (non-hydrogen) atoms. The summed E-state index contributed by atoms with van der Waals surface area (Å²) in [6, 6.07) is 17.3. The summed E-state index contributed by atoms with van der Waals surface area (Å²) in [5, 5.41) is 12.6. The zero-order valence-corrected chi connectivity index (χ0v) is 16.5. The van der Waals surface area contributed by atoms with Crippen LogP contribution >= 0.6 is 11.8 Å². The van der Waals surface area contributed by atoms with Crippen molar-refractivity contribution in [1.29, 1.82) is 0 Å². The first kappa shape index (κ1) is 19.7. The monoisotopic (exact) mass is 387 g/mol. The van der Waals surface area contributed by atoms with Gasteiger partial charge in [0.25, 0.3) is 0 Å². The predicted molar refractivity (Wildman–Crippen MR) is 106 cm³/mol. The van der Waals surface area contributed by atoms with Crippen molar-refractivity contribution in [2.75, 3.05) is 6.61 Å². The van der Waals surface area contributed by atoms with E-state index in [1.54, 1.807) is 32.5 Å². The molecule has 0 radical (unpaired) electrons. The van der Waals surface area contributed by atoms with Crippen LogP contribution in [0.4, 0.5) is 4.79 Å². The Kier molecular flexibility index (Phi) is 6.09. The standard InChI is InChI=1S/C21H25NO4S/c1-21(2,3)26-20(24)22-17(13-23)18-15-11-7-8-12-16(15)19(25-18)27-14-9-5-4-6-10-14/h4-12,17-19,23H,13H2,1-3H3,(H,22,24)/t17-,18+,19-/m1/s1. The van der Waals surface area contributed by atoms with Gasteiger partial charge in [0.15, 0.2) is 0 Å². The van der Waals surface area contributed by atoms with Gasteiger partial charge in [0, 0.05) is 4.90 Å². The highest BCUT2D eigenvalue weighted by Crippen LogP contribution is 2.48. The first-order chi connectivity index (χ1) is 12.9. The number of nitrogens with one attached hydrogen (secondary N) is 1. The maximum absolute atomic E-state index is 12.2. The number of hydrogen-bond donors (Lipinski definition) is 2. The minimum absolute atomic E-state index is 0.205. The van der Waals surface area contributed by atoms with Gasteiger partial charge in [0.2, 0.25) is 0 Å². The van der Waals surface area contributed by atoms with Crippen LogP contribution in [-0.2, 0) is 9.47 Å². The fourth-order valence-electron chi connectivity index (χ4n) is 2.97. The van der Waals surface area contributed by atoms with E-state index in [4.69, 9.17) is 9.47 Å². The van der Waals surface area contributed by atoms with E-state index in [1.807, 2.05) is 54.6 Å². The van der Waals surface area contributed by atoms with Crippen molar-refractivity contribution in [2.24, 2.45) is 0 Å². The average molecular weight is 388 g/mol. The number of benzene rings is 2. The Morgan fingerprint density at radius 1 is 1.15 bits per heavy atom. The molecule has 0 saturated carbocycles. The molecule has 1 heterocycles. The van der Waals surface area contributed by atoms with E-state index in [0.717, 1.165) is 16.0 Å². The predicted octanol–water partition coefficient (Wildman–Crippen LogP) is 4.43. The molecule has 0 aromatic heterocycles. The Morgan fingerprint density at radius 3 is 2.41 bits per heavy atom. The molecule has 2 aromatic carbocycles. The number of aliphatic hydroxyl groups is 1. The second-order valence-electron chi connectivity index (χ2n) is 7.38. The summed E-state index contributed by atoms with van der Waals surface area (Å²) in [5.74, 6) is 0. The summed E-state index contributed by atoms with van der Waals surface area (Å²) in [4.78, 5) is 13.3. The Bertz CT molecular complexity index is 775. The van der Waals surface area contributed by atoms with Crippen LogP contribution in [0.2, 0.25) is 0 Å². The molecule has 2 aromatic rings. The Morgan fingerprint density at radius 2 is 1.78 bits per heavy atom. The molecule has 3 atom stereocenters. The van der Waals surface area contributed by atoms with Crippen LogP contribution in [0.5, 0.6) is 0 Å². The summed E-state index contributed by atoms with van der Waals surface area (Å²) >= 11 is 1.61. The third-order valence-corrected chi connectivity index (χ3v) is 5.20. The van der Waals surface area contributed by atoms with E-state index in [-0.39, 0.29) is 12.0 Å². The molecule has 3 rings (SSSR count). The first-order valence-electron chi connectivity index (χ1n) is 8.94. The number of aliphatic hydroxyl groups excluding tert-OH is 1. The third-order valence-electron chi connectivity index (χ3n) is 4.08. The van der Waals surface area contributed by atoms with Crippen molar-refractivity contribution in [3.8, 4) is 0 Å². The topological polar surface area (TPSA) is 67.8 Å². The van der Waals surface area contributed by atoms with Gasteiger partial charge < -0.3 is 19.9 Å². The number of carbonyl (C=O) groups excluding carboxylic acids is 1.